The minimum atomic E-state index is -1.68. The van der Waals surface area contributed by atoms with Gasteiger partial charge < -0.3 is 14.5 Å². The van der Waals surface area contributed by atoms with Gasteiger partial charge in [-0.2, -0.15) is 0 Å². The van der Waals surface area contributed by atoms with Gasteiger partial charge in [-0.3, -0.25) is 4.57 Å². The van der Waals surface area contributed by atoms with Crippen molar-refractivity contribution >= 4 is 81.8 Å². The SMILES string of the molecule is [2H]c1c([2H])c([2H])c(-c2cc(C(C)(C)C)cc(-c3cc(C(C)(C)C)cc(C(C)(C)C)c3)c2N2CN(c3cccc(Oc4ccc5c6c7sc8c([N+]#[C-])cccc8c7ccc6n(-c6cc(C([2H])([2H])C(C)(C)C)ccn6)c5c4)c3)c3ccccc32)c([2H])c1[2H]. The van der Waals surface area contributed by atoms with Gasteiger partial charge in [0.25, 0.3) is 0 Å². The predicted molar refractivity (Wildman–Crippen MR) is 336 cm³/mol. The third-order valence-electron chi connectivity index (χ3n) is 15.1. The molecule has 0 aliphatic carbocycles. The molecule has 6 nitrogen and oxygen atoms in total. The highest BCUT2D eigenvalue weighted by molar-refractivity contribution is 7.27. The number of fused-ring (bicyclic) bond motifs is 8. The van der Waals surface area contributed by atoms with Crippen LogP contribution in [0.15, 0.2) is 176 Å². The lowest BCUT2D eigenvalue weighted by Crippen LogP contribution is -2.25. The first-order valence-corrected chi connectivity index (χ1v) is 27.9. The van der Waals surface area contributed by atoms with Gasteiger partial charge in [-0.1, -0.05) is 174 Å². The van der Waals surface area contributed by atoms with Gasteiger partial charge in [0, 0.05) is 58.1 Å². The zero-order valence-electron chi connectivity index (χ0n) is 54.1. The number of aromatic nitrogens is 2. The summed E-state index contributed by atoms with van der Waals surface area (Å²) in [4.78, 5) is 13.3. The normalized spacial score (nSPS) is 14.7. The number of para-hydroxylation sites is 2. The molecule has 3 aromatic heterocycles. The molecule has 11 aromatic rings. The Balaban J connectivity index is 1.02. The van der Waals surface area contributed by atoms with Gasteiger partial charge in [-0.15, -0.1) is 11.3 Å². The van der Waals surface area contributed by atoms with E-state index in [1.807, 2.05) is 87.5 Å². The third kappa shape index (κ3) is 9.50. The van der Waals surface area contributed by atoms with E-state index in [4.69, 9.17) is 20.4 Å². The molecule has 0 N–H and O–H groups in total. The first kappa shape index (κ1) is 43.8. The van der Waals surface area contributed by atoms with E-state index in [2.05, 4.69) is 148 Å². The van der Waals surface area contributed by atoms with Crippen molar-refractivity contribution in [3.05, 3.63) is 210 Å². The van der Waals surface area contributed by atoms with E-state index >= 15 is 0 Å². The molecule has 0 bridgehead atoms. The van der Waals surface area contributed by atoms with E-state index < -0.39 is 35.3 Å². The molecule has 1 aliphatic heterocycles. The summed E-state index contributed by atoms with van der Waals surface area (Å²) in [6.07, 6.45) is 0.00544. The van der Waals surface area contributed by atoms with Crippen molar-refractivity contribution in [1.29, 1.82) is 0 Å². The predicted octanol–water partition coefficient (Wildman–Crippen LogP) is 21.0. The van der Waals surface area contributed by atoms with Crippen molar-refractivity contribution in [3.63, 3.8) is 0 Å². The van der Waals surface area contributed by atoms with Gasteiger partial charge >= 0.3 is 0 Å². The lowest BCUT2D eigenvalue weighted by atomic mass is 9.77. The van der Waals surface area contributed by atoms with E-state index in [9.17, 15) is 5.48 Å². The Hall–Kier alpha value is -8.18. The van der Waals surface area contributed by atoms with Crippen LogP contribution in [0, 0.1) is 12.0 Å². The van der Waals surface area contributed by atoms with Crippen molar-refractivity contribution in [1.82, 2.24) is 9.55 Å². The van der Waals surface area contributed by atoms with E-state index in [0.717, 1.165) is 92.5 Å². The minimum Gasteiger partial charge on any atom is -0.457 e. The van der Waals surface area contributed by atoms with Crippen molar-refractivity contribution in [2.75, 3.05) is 16.5 Å². The van der Waals surface area contributed by atoms with E-state index in [1.54, 1.807) is 23.6 Å². The van der Waals surface area contributed by atoms with Gasteiger partial charge in [-0.25, -0.2) is 9.83 Å². The average Bonchev–Trinajstić information content (AvgIpc) is 1.56. The molecule has 0 saturated carbocycles. The van der Waals surface area contributed by atoms with Gasteiger partial charge in [0.05, 0.1) is 41.5 Å². The number of pyridine rings is 1. The maximum absolute atomic E-state index is 9.51. The second-order valence-electron chi connectivity index (χ2n) is 25.1. The number of hydrogen-bond acceptors (Lipinski definition) is 5. The van der Waals surface area contributed by atoms with Gasteiger partial charge in [0.15, 0.2) is 0 Å². The fourth-order valence-corrected chi connectivity index (χ4v) is 12.4. The van der Waals surface area contributed by atoms with Crippen LogP contribution < -0.4 is 14.5 Å². The molecular weight excluding hydrogens is 983 g/mol. The number of benzene rings is 8. The first-order chi connectivity index (χ1) is 40.5. The molecule has 7 heteroatoms. The Morgan fingerprint density at radius 1 is 0.595 bits per heavy atom. The van der Waals surface area contributed by atoms with Gasteiger partial charge in [0.1, 0.15) is 24.0 Å². The van der Waals surface area contributed by atoms with Gasteiger partial charge in [0.2, 0.25) is 5.69 Å². The Bertz CT molecular complexity index is 4600. The highest BCUT2D eigenvalue weighted by Crippen LogP contribution is 2.53. The Labute approximate surface area is 480 Å². The summed E-state index contributed by atoms with van der Waals surface area (Å²) < 4.78 is 75.2. The monoisotopic (exact) mass is 1060 g/mol. The van der Waals surface area contributed by atoms with Crippen LogP contribution in [0.4, 0.5) is 28.4 Å². The van der Waals surface area contributed by atoms with Crippen molar-refractivity contribution < 1.29 is 14.3 Å². The molecule has 4 heterocycles. The van der Waals surface area contributed by atoms with Crippen LogP contribution in [0.2, 0.25) is 0 Å². The molecule has 8 aromatic carbocycles. The summed E-state index contributed by atoms with van der Waals surface area (Å²) in [5, 5.41) is 4.05. The summed E-state index contributed by atoms with van der Waals surface area (Å²) in [5.74, 6) is 1.73. The van der Waals surface area contributed by atoms with Crippen LogP contribution in [0.3, 0.4) is 0 Å². The van der Waals surface area contributed by atoms with Crippen LogP contribution in [0.5, 0.6) is 11.5 Å². The molecule has 1 aliphatic rings. The lowest BCUT2D eigenvalue weighted by Gasteiger charge is -2.31. The number of thiophene rings is 1. The Kier molecular flexibility index (Phi) is 10.5. The van der Waals surface area contributed by atoms with Gasteiger partial charge in [-0.05, 0) is 139 Å². The van der Waals surface area contributed by atoms with Crippen LogP contribution >= 0.6 is 11.3 Å². The molecule has 0 amide bonds. The fraction of sp³-hybridized carbons (Fsp3) is 0.250. The van der Waals surface area contributed by atoms with Crippen molar-refractivity contribution in [2.24, 2.45) is 5.41 Å². The number of rotatable bonds is 8. The largest absolute Gasteiger partial charge is 0.457 e. The molecule has 0 fully saturated rings. The van der Waals surface area contributed by atoms with Crippen LogP contribution in [-0.4, -0.2) is 16.2 Å². The first-order valence-electron chi connectivity index (χ1n) is 30.6. The van der Waals surface area contributed by atoms with Crippen LogP contribution in [0.1, 0.15) is 115 Å². The Morgan fingerprint density at radius 3 is 1.91 bits per heavy atom. The number of ether oxygens (including phenoxy) is 1. The average molecular weight is 1060 g/mol. The molecule has 79 heavy (non-hydrogen) atoms. The zero-order chi connectivity index (χ0) is 61.5. The minimum absolute atomic E-state index is 0.139. The topological polar surface area (TPSA) is 37.9 Å². The molecule has 0 spiro atoms. The fourth-order valence-electron chi connectivity index (χ4n) is 11.1. The summed E-state index contributed by atoms with van der Waals surface area (Å²) in [6.45, 7) is 33.8. The van der Waals surface area contributed by atoms with E-state index in [1.165, 1.54) is 0 Å². The highest BCUT2D eigenvalue weighted by atomic mass is 32.1. The molecular formula is C72H69N5OS. The standard InChI is InChI=1S/C72H69N5OS/c1-69(2,3)43-45-33-34-74-64(35-45)77-62-32-31-55-54-25-20-26-59(73-13)67(54)79-68(55)65(62)56-30-29-53(42-63(56)77)78-52-24-19-23-51(41-52)75-44-76(61-28-18-17-27-60(61)75)66-57(46-21-15-14-16-22-46)39-50(72(10,11)12)40-58(66)47-36-48(70(4,5)6)38-49(37-47)71(7,8)9/h14-42H,43-44H2,1-12H3/i14D,15D,16D,21D,22D,43D2. The number of hydrogen-bond donors (Lipinski definition) is 0. The molecule has 0 unspecified atom stereocenters. The molecule has 12 rings (SSSR count). The van der Waals surface area contributed by atoms with Crippen LogP contribution in [0.25, 0.3) is 74.9 Å². The third-order valence-corrected chi connectivity index (χ3v) is 16.3. The molecule has 0 saturated heterocycles. The second kappa shape index (κ2) is 19.0. The summed E-state index contributed by atoms with van der Waals surface area (Å²) >= 11 is 1.61. The van der Waals surface area contributed by atoms with Crippen LogP contribution in [-0.2, 0) is 22.6 Å². The second-order valence-corrected chi connectivity index (χ2v) is 26.1. The molecule has 394 valence electrons. The smallest absolute Gasteiger partial charge is 0.204 e. The quantitative estimate of drug-likeness (QED) is 0.142. The van der Waals surface area contributed by atoms with E-state index in [0.29, 0.717) is 40.8 Å². The summed E-state index contributed by atoms with van der Waals surface area (Å²) in [5.41, 5.74) is 10.5. The molecule has 0 atom stereocenters. The van der Waals surface area contributed by atoms with Crippen molar-refractivity contribution in [2.45, 2.75) is 106 Å². The maximum atomic E-state index is 9.51. The van der Waals surface area contributed by atoms with E-state index in [-0.39, 0.29) is 28.5 Å². The Morgan fingerprint density at radius 2 is 1.23 bits per heavy atom. The summed E-state index contributed by atoms with van der Waals surface area (Å²) in [7, 11) is 0. The lowest BCUT2D eigenvalue weighted by molar-refractivity contribution is 0.411. The maximum Gasteiger partial charge on any atom is 0.204 e. The molecule has 0 radical (unpaired) electrons. The number of nitrogens with zero attached hydrogens (tertiary/aromatic N) is 5. The number of anilines is 4. The van der Waals surface area contributed by atoms with Crippen molar-refractivity contribution in [3.8, 4) is 39.6 Å². The highest BCUT2D eigenvalue weighted by Gasteiger charge is 2.34. The zero-order valence-corrected chi connectivity index (χ0v) is 47.9. The summed E-state index contributed by atoms with van der Waals surface area (Å²) in [6, 6.07) is 45.3.